The zero-order valence-corrected chi connectivity index (χ0v) is 19.8. The monoisotopic (exact) mass is 464 g/mol. The van der Waals surface area contributed by atoms with E-state index < -0.39 is 0 Å². The van der Waals surface area contributed by atoms with E-state index in [4.69, 9.17) is 14.2 Å². The lowest BCUT2D eigenvalue weighted by atomic mass is 10.0. The number of nitrogens with one attached hydrogen (secondary N) is 1. The molecule has 0 spiro atoms. The Balaban J connectivity index is 1.14. The highest BCUT2D eigenvalue weighted by atomic mass is 16.5. The molecule has 2 aromatic rings. The molecule has 0 aromatic heterocycles. The topological polar surface area (TPSA) is 77.1 Å². The average Bonchev–Trinajstić information content (AvgIpc) is 3.20. The van der Waals surface area contributed by atoms with Crippen LogP contribution in [0.4, 0.5) is 0 Å². The summed E-state index contributed by atoms with van der Waals surface area (Å²) in [5, 5.41) is 3.08. The van der Waals surface area contributed by atoms with Gasteiger partial charge in [-0.2, -0.15) is 0 Å². The van der Waals surface area contributed by atoms with E-state index in [2.05, 4.69) is 10.2 Å². The molecular weight excluding hydrogens is 432 g/mol. The number of ether oxygens (including phenoxy) is 3. The fraction of sp³-hybridized carbons (Fsp3) is 0.407. The normalized spacial score (nSPS) is 16.1. The number of piperidine rings is 1. The van der Waals surface area contributed by atoms with Gasteiger partial charge in [0.2, 0.25) is 5.78 Å². The molecule has 0 bridgehead atoms. The predicted octanol–water partition coefficient (Wildman–Crippen LogP) is 3.98. The third-order valence-electron chi connectivity index (χ3n) is 6.03. The number of hydrogen-bond donors (Lipinski definition) is 1. The second-order valence-corrected chi connectivity index (χ2v) is 8.88. The third kappa shape index (κ3) is 5.97. The second kappa shape index (κ2) is 11.2. The molecule has 0 aliphatic carbocycles. The molecule has 2 aliphatic heterocycles. The maximum Gasteiger partial charge on any atom is 0.258 e. The lowest BCUT2D eigenvalue weighted by molar-refractivity contribution is -0.124. The van der Waals surface area contributed by atoms with Crippen LogP contribution in [0.2, 0.25) is 0 Å². The van der Waals surface area contributed by atoms with E-state index in [-0.39, 0.29) is 24.3 Å². The van der Waals surface area contributed by atoms with Crippen LogP contribution in [0.25, 0.3) is 0 Å². The highest BCUT2D eigenvalue weighted by Gasteiger charge is 2.31. The van der Waals surface area contributed by atoms with Crippen LogP contribution >= 0.6 is 0 Å². The minimum Gasteiger partial charge on any atom is -0.493 e. The molecule has 2 heterocycles. The van der Waals surface area contributed by atoms with Crippen molar-refractivity contribution in [3.05, 3.63) is 65.4 Å². The molecule has 2 aliphatic rings. The Morgan fingerprint density at radius 3 is 2.56 bits per heavy atom. The molecule has 0 radical (unpaired) electrons. The lowest BCUT2D eigenvalue weighted by Gasteiger charge is -2.32. The fourth-order valence-corrected chi connectivity index (χ4v) is 4.25. The highest BCUT2D eigenvalue weighted by molar-refractivity contribution is 6.14. The molecule has 2 aromatic carbocycles. The molecule has 1 fully saturated rings. The molecule has 7 heteroatoms. The number of benzene rings is 2. The largest absolute Gasteiger partial charge is 0.493 e. The molecule has 1 saturated heterocycles. The fourth-order valence-electron chi connectivity index (χ4n) is 4.25. The van der Waals surface area contributed by atoms with Crippen molar-refractivity contribution in [1.29, 1.82) is 0 Å². The molecule has 4 rings (SSSR count). The van der Waals surface area contributed by atoms with E-state index >= 15 is 0 Å². The number of rotatable bonds is 9. The van der Waals surface area contributed by atoms with Gasteiger partial charge in [0.05, 0.1) is 6.61 Å². The molecule has 1 N–H and O–H groups in total. The first-order valence-electron chi connectivity index (χ1n) is 11.9. The van der Waals surface area contributed by atoms with Gasteiger partial charge in [-0.15, -0.1) is 0 Å². The molecule has 34 heavy (non-hydrogen) atoms. The Labute approximate surface area is 200 Å². The number of likely N-dealkylation sites (tertiary alicyclic amines) is 1. The summed E-state index contributed by atoms with van der Waals surface area (Å²) in [5.41, 5.74) is 1.38. The number of allylic oxidation sites excluding steroid dienone is 2. The first kappa shape index (κ1) is 23.8. The Kier molecular flexibility index (Phi) is 7.85. The molecule has 0 atom stereocenters. The summed E-state index contributed by atoms with van der Waals surface area (Å²) in [5.74, 6) is 2.05. The van der Waals surface area contributed by atoms with E-state index in [0.29, 0.717) is 35.2 Å². The van der Waals surface area contributed by atoms with Crippen LogP contribution in [-0.4, -0.2) is 55.5 Å². The van der Waals surface area contributed by atoms with Crippen molar-refractivity contribution in [2.45, 2.75) is 39.2 Å². The summed E-state index contributed by atoms with van der Waals surface area (Å²) in [7, 11) is 0. The Morgan fingerprint density at radius 2 is 1.82 bits per heavy atom. The number of fused-ring (bicyclic) bond motifs is 1. The molecule has 7 nitrogen and oxygen atoms in total. The van der Waals surface area contributed by atoms with Gasteiger partial charge in [0, 0.05) is 25.7 Å². The van der Waals surface area contributed by atoms with Crippen LogP contribution in [0, 0.1) is 0 Å². The second-order valence-electron chi connectivity index (χ2n) is 8.88. The van der Waals surface area contributed by atoms with Crippen LogP contribution < -0.4 is 19.5 Å². The van der Waals surface area contributed by atoms with Crippen molar-refractivity contribution in [2.75, 3.05) is 32.8 Å². The van der Waals surface area contributed by atoms with Gasteiger partial charge >= 0.3 is 0 Å². The van der Waals surface area contributed by atoms with Crippen molar-refractivity contribution in [1.82, 2.24) is 10.2 Å². The smallest absolute Gasteiger partial charge is 0.258 e. The van der Waals surface area contributed by atoms with Crippen molar-refractivity contribution in [2.24, 2.45) is 0 Å². The van der Waals surface area contributed by atoms with Crippen LogP contribution in [-0.2, 0) is 4.79 Å². The number of carbonyl (C=O) groups excluding carboxylic acids is 2. The minimum atomic E-state index is -0.108. The van der Waals surface area contributed by atoms with Crippen molar-refractivity contribution < 1.29 is 23.8 Å². The number of carbonyl (C=O) groups is 2. The molecule has 180 valence electrons. The van der Waals surface area contributed by atoms with E-state index in [0.717, 1.165) is 44.5 Å². The Bertz CT molecular complexity index is 1040. The van der Waals surface area contributed by atoms with E-state index in [1.165, 1.54) is 0 Å². The summed E-state index contributed by atoms with van der Waals surface area (Å²) >= 11 is 0. The van der Waals surface area contributed by atoms with Crippen molar-refractivity contribution >= 4 is 11.7 Å². The number of para-hydroxylation sites is 1. The van der Waals surface area contributed by atoms with Gasteiger partial charge < -0.3 is 24.4 Å². The van der Waals surface area contributed by atoms with Crippen LogP contribution in [0.5, 0.6) is 17.2 Å². The molecule has 0 unspecified atom stereocenters. The van der Waals surface area contributed by atoms with Crippen LogP contribution in [0.3, 0.4) is 0 Å². The van der Waals surface area contributed by atoms with E-state index in [1.54, 1.807) is 6.07 Å². The highest BCUT2D eigenvalue weighted by Crippen LogP contribution is 2.38. The Morgan fingerprint density at radius 1 is 1.06 bits per heavy atom. The Hall–Kier alpha value is -3.32. The molecular formula is C27H32N2O5. The summed E-state index contributed by atoms with van der Waals surface area (Å²) in [4.78, 5) is 27.2. The number of amides is 1. The van der Waals surface area contributed by atoms with Gasteiger partial charge in [0.1, 0.15) is 22.8 Å². The summed E-state index contributed by atoms with van der Waals surface area (Å²) in [6.07, 6.45) is 2.69. The number of Topliss-reactive ketones (excluding diaryl/α,β-unsaturated/α-hetero) is 1. The van der Waals surface area contributed by atoms with Gasteiger partial charge in [0.15, 0.2) is 12.4 Å². The number of ketones is 1. The van der Waals surface area contributed by atoms with Gasteiger partial charge in [0.25, 0.3) is 5.91 Å². The first-order valence-corrected chi connectivity index (χ1v) is 11.9. The molecule has 0 saturated carbocycles. The standard InChI is InChI=1S/C27H32N2O5/c1-19(2)27-26(31)25-22(10-6-11-23(25)34-27)32-17-7-14-29-15-12-20(13-16-29)28-24(30)18-33-21-8-4-3-5-9-21/h3-6,8-11,20H,7,12-18H2,1-2H3,(H,28,30). The SMILES string of the molecule is CC(C)=C1Oc2cccc(OCCCN3CCC(NC(=O)COc4ccccc4)CC3)c2C1=O. The minimum absolute atomic E-state index is 0.0351. The van der Waals surface area contributed by atoms with Gasteiger partial charge in [-0.05, 0) is 62.9 Å². The average molecular weight is 465 g/mol. The first-order chi connectivity index (χ1) is 16.5. The van der Waals surface area contributed by atoms with Crippen molar-refractivity contribution in [3.8, 4) is 17.2 Å². The van der Waals surface area contributed by atoms with Gasteiger partial charge in [-0.1, -0.05) is 24.3 Å². The summed E-state index contributed by atoms with van der Waals surface area (Å²) in [6.45, 7) is 7.08. The maximum atomic E-state index is 12.7. The number of nitrogens with zero attached hydrogens (tertiary/aromatic N) is 1. The lowest BCUT2D eigenvalue weighted by Crippen LogP contribution is -2.46. The zero-order chi connectivity index (χ0) is 23.9. The van der Waals surface area contributed by atoms with Gasteiger partial charge in [-0.3, -0.25) is 9.59 Å². The summed E-state index contributed by atoms with van der Waals surface area (Å²) in [6, 6.07) is 15.0. The third-order valence-corrected chi connectivity index (χ3v) is 6.03. The maximum absolute atomic E-state index is 12.7. The van der Waals surface area contributed by atoms with Crippen molar-refractivity contribution in [3.63, 3.8) is 0 Å². The quantitative estimate of drug-likeness (QED) is 0.447. The summed E-state index contributed by atoms with van der Waals surface area (Å²) < 4.78 is 17.2. The predicted molar refractivity (Wildman–Crippen MR) is 129 cm³/mol. The van der Waals surface area contributed by atoms with E-state index in [9.17, 15) is 9.59 Å². The number of hydrogen-bond acceptors (Lipinski definition) is 6. The van der Waals surface area contributed by atoms with Crippen LogP contribution in [0.15, 0.2) is 59.9 Å². The molecule has 1 amide bonds. The van der Waals surface area contributed by atoms with Crippen LogP contribution in [0.1, 0.15) is 43.5 Å². The van der Waals surface area contributed by atoms with E-state index in [1.807, 2.05) is 56.3 Å². The zero-order valence-electron chi connectivity index (χ0n) is 19.8. The van der Waals surface area contributed by atoms with Gasteiger partial charge in [-0.25, -0.2) is 0 Å².